The van der Waals surface area contributed by atoms with Crippen molar-refractivity contribution in [3.8, 4) is 5.75 Å². The van der Waals surface area contributed by atoms with E-state index in [4.69, 9.17) is 17.0 Å². The van der Waals surface area contributed by atoms with Gasteiger partial charge in [0.1, 0.15) is 5.75 Å². The average molecular weight is 281 g/mol. The number of amides is 1. The molecule has 0 aliphatic rings. The third-order valence-corrected chi connectivity index (χ3v) is 2.65. The normalized spacial score (nSPS) is 11.3. The maximum absolute atomic E-state index is 11.8. The van der Waals surface area contributed by atoms with Crippen LogP contribution in [0.3, 0.4) is 0 Å². The molecule has 6 heteroatoms. The zero-order valence-electron chi connectivity index (χ0n) is 11.3. The van der Waals surface area contributed by atoms with Gasteiger partial charge in [-0.1, -0.05) is 18.2 Å². The van der Waals surface area contributed by atoms with Crippen molar-refractivity contribution in [3.63, 3.8) is 0 Å². The molecule has 1 amide bonds. The molecule has 1 aromatic rings. The van der Waals surface area contributed by atoms with Crippen LogP contribution in [0.2, 0.25) is 0 Å². The van der Waals surface area contributed by atoms with E-state index in [1.54, 1.807) is 6.92 Å². The van der Waals surface area contributed by atoms with Crippen molar-refractivity contribution in [2.45, 2.75) is 26.9 Å². The SMILES string of the molecule is CCNC(=S)NNC(=O)C(C)Oc1ccccc1C. The molecule has 0 aromatic heterocycles. The number of carbonyl (C=O) groups excluding carboxylic acids is 1. The van der Waals surface area contributed by atoms with Gasteiger partial charge in [-0.2, -0.15) is 0 Å². The Morgan fingerprint density at radius 1 is 1.37 bits per heavy atom. The number of hydrogen-bond donors (Lipinski definition) is 3. The van der Waals surface area contributed by atoms with Crippen LogP contribution in [0, 0.1) is 6.92 Å². The van der Waals surface area contributed by atoms with Gasteiger partial charge in [0.15, 0.2) is 11.2 Å². The zero-order chi connectivity index (χ0) is 14.3. The Hall–Kier alpha value is -1.82. The summed E-state index contributed by atoms with van der Waals surface area (Å²) in [5, 5.41) is 3.24. The van der Waals surface area contributed by atoms with Crippen LogP contribution in [0.1, 0.15) is 19.4 Å². The van der Waals surface area contributed by atoms with E-state index in [2.05, 4.69) is 16.2 Å². The Labute approximate surface area is 118 Å². The lowest BCUT2D eigenvalue weighted by Crippen LogP contribution is -2.50. The molecule has 0 saturated heterocycles. The van der Waals surface area contributed by atoms with Gasteiger partial charge in [-0.05, 0) is 44.6 Å². The van der Waals surface area contributed by atoms with Crippen molar-refractivity contribution >= 4 is 23.2 Å². The fraction of sp³-hybridized carbons (Fsp3) is 0.385. The number of aryl methyl sites for hydroxylation is 1. The van der Waals surface area contributed by atoms with Crippen LogP contribution in [0.25, 0.3) is 0 Å². The molecule has 0 spiro atoms. The number of rotatable bonds is 4. The maximum Gasteiger partial charge on any atom is 0.279 e. The van der Waals surface area contributed by atoms with E-state index in [0.717, 1.165) is 5.56 Å². The van der Waals surface area contributed by atoms with Crippen molar-refractivity contribution in [2.24, 2.45) is 0 Å². The lowest BCUT2D eigenvalue weighted by molar-refractivity contribution is -0.127. The van der Waals surface area contributed by atoms with Gasteiger partial charge in [0.25, 0.3) is 5.91 Å². The van der Waals surface area contributed by atoms with Gasteiger partial charge in [-0.15, -0.1) is 0 Å². The molecule has 1 atom stereocenters. The fourth-order valence-corrected chi connectivity index (χ4v) is 1.55. The van der Waals surface area contributed by atoms with Crippen LogP contribution in [0.5, 0.6) is 5.75 Å². The van der Waals surface area contributed by atoms with Crippen molar-refractivity contribution in [1.82, 2.24) is 16.2 Å². The summed E-state index contributed by atoms with van der Waals surface area (Å²) in [5.74, 6) is 0.405. The minimum atomic E-state index is -0.613. The quantitative estimate of drug-likeness (QED) is 0.573. The topological polar surface area (TPSA) is 62.4 Å². The lowest BCUT2D eigenvalue weighted by Gasteiger charge is -2.17. The van der Waals surface area contributed by atoms with Crippen molar-refractivity contribution in [1.29, 1.82) is 0 Å². The monoisotopic (exact) mass is 281 g/mol. The van der Waals surface area contributed by atoms with Crippen LogP contribution in [0.4, 0.5) is 0 Å². The summed E-state index contributed by atoms with van der Waals surface area (Å²) in [6.07, 6.45) is -0.613. The first-order chi connectivity index (χ1) is 9.04. The Bertz CT molecular complexity index is 451. The number of thiocarbonyl (C=S) groups is 1. The molecule has 0 bridgehead atoms. The Morgan fingerprint density at radius 2 is 2.05 bits per heavy atom. The summed E-state index contributed by atoms with van der Waals surface area (Å²) < 4.78 is 5.58. The van der Waals surface area contributed by atoms with Crippen LogP contribution in [-0.2, 0) is 4.79 Å². The number of hydrazine groups is 1. The molecule has 0 heterocycles. The second-order valence-corrected chi connectivity index (χ2v) is 4.41. The van der Waals surface area contributed by atoms with Crippen molar-refractivity contribution in [2.75, 3.05) is 6.54 Å². The van der Waals surface area contributed by atoms with Crippen LogP contribution in [-0.4, -0.2) is 23.7 Å². The molecule has 0 fully saturated rings. The number of benzene rings is 1. The lowest BCUT2D eigenvalue weighted by atomic mass is 10.2. The first-order valence-electron chi connectivity index (χ1n) is 6.10. The summed E-state index contributed by atoms with van der Waals surface area (Å²) in [6.45, 7) is 6.22. The highest BCUT2D eigenvalue weighted by Crippen LogP contribution is 2.17. The molecule has 0 aliphatic heterocycles. The van der Waals surface area contributed by atoms with Crippen LogP contribution < -0.4 is 20.9 Å². The number of ether oxygens (including phenoxy) is 1. The third kappa shape index (κ3) is 5.13. The van der Waals surface area contributed by atoms with E-state index in [1.807, 2.05) is 38.1 Å². The summed E-state index contributed by atoms with van der Waals surface area (Å²) in [6, 6.07) is 7.54. The number of hydrogen-bond acceptors (Lipinski definition) is 3. The standard InChI is InChI=1S/C13H19N3O2S/c1-4-14-13(19)16-15-12(17)10(3)18-11-8-6-5-7-9(11)2/h5-8,10H,4H2,1-3H3,(H,15,17)(H2,14,16,19). The highest BCUT2D eigenvalue weighted by Gasteiger charge is 2.15. The summed E-state index contributed by atoms with van der Waals surface area (Å²) in [7, 11) is 0. The van der Waals surface area contributed by atoms with E-state index in [-0.39, 0.29) is 5.91 Å². The van der Waals surface area contributed by atoms with Gasteiger partial charge < -0.3 is 10.1 Å². The number of nitrogens with one attached hydrogen (secondary N) is 3. The van der Waals surface area contributed by atoms with Crippen LogP contribution >= 0.6 is 12.2 Å². The fourth-order valence-electron chi connectivity index (χ4n) is 1.36. The number of para-hydroxylation sites is 1. The zero-order valence-corrected chi connectivity index (χ0v) is 12.1. The third-order valence-electron chi connectivity index (χ3n) is 2.40. The van der Waals surface area contributed by atoms with Crippen molar-refractivity contribution < 1.29 is 9.53 Å². The molecular weight excluding hydrogens is 262 g/mol. The summed E-state index contributed by atoms with van der Waals surface area (Å²) in [5.41, 5.74) is 6.08. The Kier molecular flexibility index (Phi) is 6.08. The number of carbonyl (C=O) groups is 1. The molecule has 1 rings (SSSR count). The van der Waals surface area contributed by atoms with E-state index >= 15 is 0 Å². The summed E-state index contributed by atoms with van der Waals surface area (Å²) >= 11 is 4.93. The van der Waals surface area contributed by atoms with Gasteiger partial charge in [0.2, 0.25) is 0 Å². The molecule has 1 aromatic carbocycles. The van der Waals surface area contributed by atoms with E-state index in [9.17, 15) is 4.79 Å². The van der Waals surface area contributed by atoms with Gasteiger partial charge in [0.05, 0.1) is 0 Å². The molecule has 0 radical (unpaired) electrons. The van der Waals surface area contributed by atoms with Crippen LogP contribution in [0.15, 0.2) is 24.3 Å². The molecule has 0 aliphatic carbocycles. The Balaban J connectivity index is 2.45. The van der Waals surface area contributed by atoms with Gasteiger partial charge in [0, 0.05) is 6.54 Å². The van der Waals surface area contributed by atoms with E-state index in [0.29, 0.717) is 17.4 Å². The molecule has 0 saturated carbocycles. The molecule has 104 valence electrons. The predicted molar refractivity (Wildman–Crippen MR) is 78.8 cm³/mol. The van der Waals surface area contributed by atoms with Gasteiger partial charge in [-0.3, -0.25) is 15.6 Å². The summed E-state index contributed by atoms with van der Waals surface area (Å²) in [4.78, 5) is 11.8. The smallest absolute Gasteiger partial charge is 0.279 e. The molecule has 1 unspecified atom stereocenters. The second-order valence-electron chi connectivity index (χ2n) is 4.00. The minimum absolute atomic E-state index is 0.288. The van der Waals surface area contributed by atoms with Crippen molar-refractivity contribution in [3.05, 3.63) is 29.8 Å². The average Bonchev–Trinajstić information content (AvgIpc) is 2.39. The van der Waals surface area contributed by atoms with E-state index < -0.39 is 6.10 Å². The van der Waals surface area contributed by atoms with Gasteiger partial charge >= 0.3 is 0 Å². The molecule has 5 nitrogen and oxygen atoms in total. The minimum Gasteiger partial charge on any atom is -0.481 e. The first-order valence-corrected chi connectivity index (χ1v) is 6.51. The predicted octanol–water partition coefficient (Wildman–Crippen LogP) is 1.28. The van der Waals surface area contributed by atoms with E-state index in [1.165, 1.54) is 0 Å². The van der Waals surface area contributed by atoms with Gasteiger partial charge in [-0.25, -0.2) is 0 Å². The molecule has 3 N–H and O–H groups in total. The molecule has 19 heavy (non-hydrogen) atoms. The highest BCUT2D eigenvalue weighted by atomic mass is 32.1. The largest absolute Gasteiger partial charge is 0.481 e. The molecular formula is C13H19N3O2S. The highest BCUT2D eigenvalue weighted by molar-refractivity contribution is 7.80. The maximum atomic E-state index is 11.8. The second kappa shape index (κ2) is 7.58. The Morgan fingerprint density at radius 3 is 2.68 bits per heavy atom. The first kappa shape index (κ1) is 15.2.